The van der Waals surface area contributed by atoms with Gasteiger partial charge in [-0.3, -0.25) is 10.1 Å². The van der Waals surface area contributed by atoms with E-state index < -0.39 is 10.5 Å². The van der Waals surface area contributed by atoms with Gasteiger partial charge >= 0.3 is 6.09 Å². The molecule has 1 saturated heterocycles. The number of aromatic nitrogens is 1. The zero-order valence-corrected chi connectivity index (χ0v) is 13.6. The average Bonchev–Trinajstić information content (AvgIpc) is 2.92. The van der Waals surface area contributed by atoms with E-state index in [4.69, 9.17) is 4.74 Å². The van der Waals surface area contributed by atoms with E-state index in [2.05, 4.69) is 10.3 Å². The highest BCUT2D eigenvalue weighted by atomic mass is 16.6. The lowest BCUT2D eigenvalue weighted by Crippen LogP contribution is -2.42. The second kappa shape index (κ2) is 6.80. The van der Waals surface area contributed by atoms with Crippen LogP contribution in [0, 0.1) is 10.1 Å². The molecule has 1 aromatic rings. The normalized spacial score (nSPS) is 17.9. The van der Waals surface area contributed by atoms with E-state index in [1.807, 2.05) is 20.8 Å². The monoisotopic (exact) mass is 322 g/mol. The zero-order chi connectivity index (χ0) is 17.0. The molecule has 1 atom stereocenters. The van der Waals surface area contributed by atoms with Gasteiger partial charge in [0.05, 0.1) is 11.0 Å². The van der Waals surface area contributed by atoms with Gasteiger partial charge in [-0.15, -0.1) is 0 Å². The van der Waals surface area contributed by atoms with Crippen LogP contribution in [-0.4, -0.2) is 45.6 Å². The van der Waals surface area contributed by atoms with Gasteiger partial charge in [-0.1, -0.05) is 0 Å². The number of hydrogen-bond acceptors (Lipinski definition) is 6. The molecule has 23 heavy (non-hydrogen) atoms. The Morgan fingerprint density at radius 3 is 2.83 bits per heavy atom. The summed E-state index contributed by atoms with van der Waals surface area (Å²) in [5.74, 6) is 0.548. The number of anilines is 1. The predicted octanol–water partition coefficient (Wildman–Crippen LogP) is 2.80. The number of amides is 1. The average molecular weight is 322 g/mol. The van der Waals surface area contributed by atoms with Crippen molar-refractivity contribution in [1.29, 1.82) is 0 Å². The molecule has 126 valence electrons. The number of nitrogens with one attached hydrogen (secondary N) is 1. The Kier molecular flexibility index (Phi) is 5.02. The summed E-state index contributed by atoms with van der Waals surface area (Å²) in [5, 5.41) is 13.7. The Morgan fingerprint density at radius 2 is 2.26 bits per heavy atom. The van der Waals surface area contributed by atoms with E-state index in [0.717, 1.165) is 12.8 Å². The third-order valence-electron chi connectivity index (χ3n) is 3.48. The van der Waals surface area contributed by atoms with Crippen molar-refractivity contribution >= 4 is 17.6 Å². The van der Waals surface area contributed by atoms with Crippen LogP contribution in [0.25, 0.3) is 0 Å². The SMILES string of the molecule is CC(C)(C)OC(=O)N1CCCC1CNc1ccc([N+](=O)[O-])cn1. The molecule has 1 N–H and O–H groups in total. The lowest BCUT2D eigenvalue weighted by Gasteiger charge is -2.28. The Bertz CT molecular complexity index is 568. The van der Waals surface area contributed by atoms with Gasteiger partial charge in [-0.25, -0.2) is 9.78 Å². The van der Waals surface area contributed by atoms with Crippen molar-refractivity contribution in [1.82, 2.24) is 9.88 Å². The summed E-state index contributed by atoms with van der Waals surface area (Å²) in [7, 11) is 0. The molecule has 1 fully saturated rings. The molecule has 1 aromatic heterocycles. The molecule has 1 unspecified atom stereocenters. The van der Waals surface area contributed by atoms with Crippen LogP contribution in [0.4, 0.5) is 16.3 Å². The molecule has 0 radical (unpaired) electrons. The van der Waals surface area contributed by atoms with E-state index in [0.29, 0.717) is 18.9 Å². The van der Waals surface area contributed by atoms with E-state index in [1.54, 1.807) is 11.0 Å². The van der Waals surface area contributed by atoms with Crippen molar-refractivity contribution in [3.8, 4) is 0 Å². The molecule has 1 amide bonds. The maximum atomic E-state index is 12.2. The molecular formula is C15H22N4O4. The Labute approximate surface area is 135 Å². The number of rotatable bonds is 4. The quantitative estimate of drug-likeness (QED) is 0.676. The number of hydrogen-bond donors (Lipinski definition) is 1. The lowest BCUT2D eigenvalue weighted by atomic mass is 10.2. The first-order chi connectivity index (χ1) is 10.8. The van der Waals surface area contributed by atoms with Crippen LogP contribution >= 0.6 is 0 Å². The number of likely N-dealkylation sites (tertiary alicyclic amines) is 1. The minimum absolute atomic E-state index is 0.0295. The molecule has 2 rings (SSSR count). The van der Waals surface area contributed by atoms with E-state index in [-0.39, 0.29) is 17.8 Å². The maximum absolute atomic E-state index is 12.2. The van der Waals surface area contributed by atoms with Crippen molar-refractivity contribution in [3.63, 3.8) is 0 Å². The molecule has 1 aliphatic heterocycles. The van der Waals surface area contributed by atoms with Gasteiger partial charge in [0, 0.05) is 19.2 Å². The van der Waals surface area contributed by atoms with Crippen LogP contribution in [0.15, 0.2) is 18.3 Å². The van der Waals surface area contributed by atoms with E-state index in [1.165, 1.54) is 12.3 Å². The third-order valence-corrected chi connectivity index (χ3v) is 3.48. The summed E-state index contributed by atoms with van der Waals surface area (Å²) in [6.07, 6.45) is 2.72. The fourth-order valence-electron chi connectivity index (χ4n) is 2.43. The standard InChI is InChI=1S/C15H22N4O4/c1-15(2,3)23-14(20)18-8-4-5-11(18)9-16-13-7-6-12(10-17-13)19(21)22/h6-7,10-11H,4-5,8-9H2,1-3H3,(H,16,17). The molecular weight excluding hydrogens is 300 g/mol. The van der Waals surface area contributed by atoms with Crippen molar-refractivity contribution in [2.24, 2.45) is 0 Å². The summed E-state index contributed by atoms with van der Waals surface area (Å²) in [6, 6.07) is 2.99. The van der Waals surface area contributed by atoms with Gasteiger partial charge in [0.15, 0.2) is 0 Å². The predicted molar refractivity (Wildman–Crippen MR) is 85.3 cm³/mol. The van der Waals surface area contributed by atoms with E-state index in [9.17, 15) is 14.9 Å². The largest absolute Gasteiger partial charge is 0.444 e. The molecule has 8 heteroatoms. The number of pyridine rings is 1. The molecule has 0 saturated carbocycles. The van der Waals surface area contributed by atoms with Crippen molar-refractivity contribution in [3.05, 3.63) is 28.4 Å². The van der Waals surface area contributed by atoms with E-state index >= 15 is 0 Å². The fourth-order valence-corrected chi connectivity index (χ4v) is 2.43. The van der Waals surface area contributed by atoms with Gasteiger partial charge in [-0.05, 0) is 39.7 Å². The Morgan fingerprint density at radius 1 is 1.52 bits per heavy atom. The Hall–Kier alpha value is -2.38. The number of nitrogens with zero attached hydrogens (tertiary/aromatic N) is 3. The number of nitro groups is 1. The van der Waals surface area contributed by atoms with Gasteiger partial charge in [-0.2, -0.15) is 0 Å². The summed E-state index contributed by atoms with van der Waals surface area (Å²) in [4.78, 5) is 28.0. The minimum atomic E-state index is -0.516. The summed E-state index contributed by atoms with van der Waals surface area (Å²) in [5.41, 5.74) is -0.566. The van der Waals surface area contributed by atoms with Crippen LogP contribution in [0.5, 0.6) is 0 Å². The highest BCUT2D eigenvalue weighted by molar-refractivity contribution is 5.69. The topological polar surface area (TPSA) is 97.6 Å². The molecule has 8 nitrogen and oxygen atoms in total. The van der Waals surface area contributed by atoms with Crippen LogP contribution in [0.3, 0.4) is 0 Å². The highest BCUT2D eigenvalue weighted by Crippen LogP contribution is 2.21. The third kappa shape index (κ3) is 4.80. The first-order valence-electron chi connectivity index (χ1n) is 7.60. The summed E-state index contributed by atoms with van der Waals surface area (Å²) in [6.45, 7) is 6.73. The van der Waals surface area contributed by atoms with Crippen LogP contribution in [0.2, 0.25) is 0 Å². The van der Waals surface area contributed by atoms with Crippen LogP contribution in [0.1, 0.15) is 33.6 Å². The molecule has 0 bridgehead atoms. The van der Waals surface area contributed by atoms with Crippen molar-refractivity contribution in [2.75, 3.05) is 18.4 Å². The zero-order valence-electron chi connectivity index (χ0n) is 13.6. The first-order valence-corrected chi connectivity index (χ1v) is 7.60. The molecule has 0 spiro atoms. The number of carbonyl (C=O) groups excluding carboxylic acids is 1. The van der Waals surface area contributed by atoms with Crippen molar-refractivity contribution in [2.45, 2.75) is 45.3 Å². The maximum Gasteiger partial charge on any atom is 0.410 e. The Balaban J connectivity index is 1.91. The van der Waals surface area contributed by atoms with Crippen molar-refractivity contribution < 1.29 is 14.5 Å². The number of ether oxygens (including phenoxy) is 1. The fraction of sp³-hybridized carbons (Fsp3) is 0.600. The van der Waals surface area contributed by atoms with Gasteiger partial charge in [0.25, 0.3) is 5.69 Å². The van der Waals surface area contributed by atoms with Gasteiger partial charge in [0.1, 0.15) is 17.6 Å². The first kappa shape index (κ1) is 17.0. The van der Waals surface area contributed by atoms with Crippen LogP contribution < -0.4 is 5.32 Å². The lowest BCUT2D eigenvalue weighted by molar-refractivity contribution is -0.385. The van der Waals surface area contributed by atoms with Crippen LogP contribution in [-0.2, 0) is 4.74 Å². The highest BCUT2D eigenvalue weighted by Gasteiger charge is 2.31. The molecule has 0 aliphatic carbocycles. The molecule has 1 aliphatic rings. The minimum Gasteiger partial charge on any atom is -0.444 e. The second-order valence-corrected chi connectivity index (χ2v) is 6.51. The van der Waals surface area contributed by atoms with Gasteiger partial charge < -0.3 is 15.0 Å². The molecule has 2 heterocycles. The summed E-state index contributed by atoms with van der Waals surface area (Å²) >= 11 is 0. The second-order valence-electron chi connectivity index (χ2n) is 6.51. The summed E-state index contributed by atoms with van der Waals surface area (Å²) < 4.78 is 5.41. The molecule has 0 aromatic carbocycles. The smallest absolute Gasteiger partial charge is 0.410 e. The van der Waals surface area contributed by atoms with Gasteiger partial charge in [0.2, 0.25) is 0 Å². The number of carbonyl (C=O) groups is 1.